The van der Waals surface area contributed by atoms with Crippen LogP contribution in [0.25, 0.3) is 0 Å². The van der Waals surface area contributed by atoms with Crippen LogP contribution < -0.4 is 0 Å². The van der Waals surface area contributed by atoms with E-state index in [0.717, 1.165) is 6.07 Å². The van der Waals surface area contributed by atoms with Gasteiger partial charge in [-0.25, -0.2) is 13.4 Å². The maximum atomic E-state index is 13.5. The molecule has 0 bridgehead atoms. The Hall–Kier alpha value is -1.48. The number of aromatic carboxylic acids is 1. The van der Waals surface area contributed by atoms with Crippen molar-refractivity contribution in [2.45, 2.75) is 11.9 Å². The fourth-order valence-electron chi connectivity index (χ4n) is 1.32. The number of hydrogen-bond acceptors (Lipinski definition) is 2. The molecule has 0 saturated carbocycles. The topological polar surface area (TPSA) is 74.6 Å². The second kappa shape index (κ2) is 5.02. The number of carboxylic acids is 1. The monoisotopic (exact) mass is 286 g/mol. The van der Waals surface area contributed by atoms with Crippen LogP contribution in [0, 0.1) is 5.82 Å². The molecule has 100 valence electrons. The molecule has 0 aliphatic rings. The molecule has 0 fully saturated rings. The maximum Gasteiger partial charge on any atom is 0.420 e. The van der Waals surface area contributed by atoms with Gasteiger partial charge >= 0.3 is 12.1 Å². The van der Waals surface area contributed by atoms with E-state index in [4.69, 9.17) is 9.66 Å². The average molecular weight is 286 g/mol. The van der Waals surface area contributed by atoms with E-state index in [-0.39, 0.29) is 0 Å². The summed E-state index contributed by atoms with van der Waals surface area (Å²) in [5.41, 5.74) is -3.86. The minimum Gasteiger partial charge on any atom is -0.478 e. The number of hydrogen-bond donors (Lipinski definition) is 2. The predicted octanol–water partition coefficient (Wildman–Crippen LogP) is 2.26. The van der Waals surface area contributed by atoms with Crippen molar-refractivity contribution in [1.29, 1.82) is 0 Å². The third-order valence-electron chi connectivity index (χ3n) is 2.01. The fourth-order valence-corrected chi connectivity index (χ4v) is 1.81. The zero-order chi connectivity index (χ0) is 14.1. The van der Waals surface area contributed by atoms with Crippen LogP contribution in [0.15, 0.2) is 12.1 Å². The predicted molar refractivity (Wildman–Crippen MR) is 52.8 cm³/mol. The Kier molecular flexibility index (Phi) is 4.07. The summed E-state index contributed by atoms with van der Waals surface area (Å²) in [5, 5.41) is 8.55. The first-order chi connectivity index (χ1) is 8.14. The molecular weight excluding hydrogens is 280 g/mol. The van der Waals surface area contributed by atoms with Crippen molar-refractivity contribution in [3.8, 4) is 0 Å². The molecule has 1 rings (SSSR count). The van der Waals surface area contributed by atoms with Gasteiger partial charge in [-0.05, 0) is 6.07 Å². The number of carbonyl (C=O) groups is 1. The van der Waals surface area contributed by atoms with Crippen molar-refractivity contribution in [1.82, 2.24) is 0 Å². The summed E-state index contributed by atoms with van der Waals surface area (Å²) in [4.78, 5) is 10.6. The lowest BCUT2D eigenvalue weighted by Crippen LogP contribution is -2.17. The molecule has 1 unspecified atom stereocenters. The van der Waals surface area contributed by atoms with Crippen LogP contribution in [0.3, 0.4) is 0 Å². The molecule has 0 saturated heterocycles. The van der Waals surface area contributed by atoms with Gasteiger partial charge in [0.25, 0.3) is 0 Å². The fraction of sp³-hybridized carbons (Fsp3) is 0.222. The van der Waals surface area contributed by atoms with Crippen molar-refractivity contribution < 1.29 is 36.2 Å². The molecule has 0 heterocycles. The van der Waals surface area contributed by atoms with E-state index < -0.39 is 51.5 Å². The lowest BCUT2D eigenvalue weighted by Gasteiger charge is -2.13. The molecule has 1 aromatic carbocycles. The lowest BCUT2D eigenvalue weighted by atomic mass is 10.0. The minimum atomic E-state index is -5.20. The summed E-state index contributed by atoms with van der Waals surface area (Å²) in [5.74, 6) is -4.63. The molecule has 0 radical (unpaired) electrons. The van der Waals surface area contributed by atoms with E-state index in [1.165, 1.54) is 0 Å². The molecule has 18 heavy (non-hydrogen) atoms. The van der Waals surface area contributed by atoms with Gasteiger partial charge in [0.05, 0.1) is 11.3 Å². The van der Waals surface area contributed by atoms with Crippen molar-refractivity contribution in [2.24, 2.45) is 0 Å². The number of carboxylic acid groups (broad SMARTS) is 1. The lowest BCUT2D eigenvalue weighted by molar-refractivity contribution is -0.140. The van der Waals surface area contributed by atoms with E-state index in [1.54, 1.807) is 0 Å². The average Bonchev–Trinajstić information content (AvgIpc) is 2.17. The number of rotatable bonds is 3. The first-order valence-electron chi connectivity index (χ1n) is 4.34. The number of halogens is 4. The smallest absolute Gasteiger partial charge is 0.420 e. The van der Waals surface area contributed by atoms with E-state index in [1.807, 2.05) is 0 Å². The zero-order valence-corrected chi connectivity index (χ0v) is 9.31. The van der Waals surface area contributed by atoms with Gasteiger partial charge in [-0.15, -0.1) is 0 Å². The van der Waals surface area contributed by atoms with Gasteiger partial charge in [-0.3, -0.25) is 0 Å². The summed E-state index contributed by atoms with van der Waals surface area (Å²) < 4.78 is 70.1. The molecule has 4 nitrogen and oxygen atoms in total. The van der Waals surface area contributed by atoms with Gasteiger partial charge in [0, 0.05) is 5.56 Å². The van der Waals surface area contributed by atoms with Crippen LogP contribution in [-0.2, 0) is 23.0 Å². The third-order valence-corrected chi connectivity index (χ3v) is 2.57. The molecule has 9 heteroatoms. The summed E-state index contributed by atoms with van der Waals surface area (Å²) in [7, 11) is 0. The van der Waals surface area contributed by atoms with Crippen molar-refractivity contribution in [3.63, 3.8) is 0 Å². The van der Waals surface area contributed by atoms with Gasteiger partial charge in [-0.2, -0.15) is 13.2 Å². The van der Waals surface area contributed by atoms with Crippen LogP contribution in [-0.4, -0.2) is 19.8 Å². The van der Waals surface area contributed by atoms with Crippen molar-refractivity contribution >= 4 is 17.0 Å². The summed E-state index contributed by atoms with van der Waals surface area (Å²) in [6, 6.07) is 1.29. The Labute approximate surface area is 101 Å². The van der Waals surface area contributed by atoms with Crippen LogP contribution in [0.5, 0.6) is 0 Å². The molecule has 0 spiro atoms. The zero-order valence-electron chi connectivity index (χ0n) is 8.49. The Morgan fingerprint density at radius 1 is 1.33 bits per heavy atom. The Balaban J connectivity index is 3.50. The number of benzene rings is 1. The summed E-state index contributed by atoms with van der Waals surface area (Å²) in [6.07, 6.45) is -5.20. The molecule has 1 atom stereocenters. The first-order valence-corrected chi connectivity index (χ1v) is 5.61. The second-order valence-electron chi connectivity index (χ2n) is 3.23. The summed E-state index contributed by atoms with van der Waals surface area (Å²) in [6.45, 7) is 0. The molecular formula is C9H6F4O4S. The highest BCUT2D eigenvalue weighted by Gasteiger charge is 2.39. The van der Waals surface area contributed by atoms with Crippen molar-refractivity contribution in [3.05, 3.63) is 34.6 Å². The third kappa shape index (κ3) is 3.05. The van der Waals surface area contributed by atoms with Crippen LogP contribution >= 0.6 is 0 Å². The molecule has 0 aliphatic carbocycles. The molecule has 0 aromatic heterocycles. The Morgan fingerprint density at radius 3 is 2.28 bits per heavy atom. The molecule has 0 amide bonds. The van der Waals surface area contributed by atoms with Crippen molar-refractivity contribution in [2.75, 3.05) is 0 Å². The Bertz CT molecular complexity index is 512. The quantitative estimate of drug-likeness (QED) is 0.660. The highest BCUT2D eigenvalue weighted by molar-refractivity contribution is 7.78. The highest BCUT2D eigenvalue weighted by atomic mass is 32.2. The van der Waals surface area contributed by atoms with Gasteiger partial charge < -0.3 is 9.66 Å². The minimum absolute atomic E-state index is 0.552. The van der Waals surface area contributed by atoms with Gasteiger partial charge in [0.2, 0.25) is 0 Å². The molecule has 0 aliphatic heterocycles. The SMILES string of the molecule is O=C(O)c1ccc(CS(=O)O)c(F)c1C(F)(F)F. The summed E-state index contributed by atoms with van der Waals surface area (Å²) >= 11 is -2.53. The number of alkyl halides is 3. The van der Waals surface area contributed by atoms with E-state index in [9.17, 15) is 26.6 Å². The maximum absolute atomic E-state index is 13.5. The van der Waals surface area contributed by atoms with Gasteiger partial charge in [0.15, 0.2) is 11.1 Å². The molecule has 1 aromatic rings. The highest BCUT2D eigenvalue weighted by Crippen LogP contribution is 2.35. The standard InChI is InChI=1S/C9H6F4O4S/c10-7-4(3-18(16)17)1-2-5(8(14)15)6(7)9(11,12)13/h1-2H,3H2,(H,14,15)(H,16,17). The largest absolute Gasteiger partial charge is 0.478 e. The van der Waals surface area contributed by atoms with E-state index >= 15 is 0 Å². The van der Waals surface area contributed by atoms with Gasteiger partial charge in [-0.1, -0.05) is 6.07 Å². The Morgan fingerprint density at radius 2 is 1.89 bits per heavy atom. The van der Waals surface area contributed by atoms with E-state index in [2.05, 4.69) is 0 Å². The van der Waals surface area contributed by atoms with Crippen LogP contribution in [0.1, 0.15) is 21.5 Å². The normalized spacial score (nSPS) is 13.4. The molecule has 2 N–H and O–H groups in total. The van der Waals surface area contributed by atoms with Crippen LogP contribution in [0.2, 0.25) is 0 Å². The van der Waals surface area contributed by atoms with E-state index in [0.29, 0.717) is 6.07 Å². The van der Waals surface area contributed by atoms with Crippen LogP contribution in [0.4, 0.5) is 17.6 Å². The first kappa shape index (κ1) is 14.6. The second-order valence-corrected chi connectivity index (χ2v) is 4.16. The van der Waals surface area contributed by atoms with Gasteiger partial charge in [0.1, 0.15) is 11.4 Å².